The molecule has 0 unspecified atom stereocenters. The molecule has 0 radical (unpaired) electrons. The van der Waals surface area contributed by atoms with E-state index in [0.717, 1.165) is 0 Å². The molecule has 2 aliphatic heterocycles. The summed E-state index contributed by atoms with van der Waals surface area (Å²) >= 11 is 0. The van der Waals surface area contributed by atoms with Crippen LogP contribution in [0.2, 0.25) is 12.6 Å². The van der Waals surface area contributed by atoms with Gasteiger partial charge in [0.15, 0.2) is 0 Å². The number of hydrogen-bond donors (Lipinski definition) is 0. The van der Waals surface area contributed by atoms with Crippen LogP contribution in [0.3, 0.4) is 0 Å². The van der Waals surface area contributed by atoms with Crippen molar-refractivity contribution in [1.29, 1.82) is 0 Å². The SMILES string of the molecule is CCCC[B-]1(CCCC)n2ccc(-c3ccc(C)cc3)c2C=C2[N+]1=C(C)CC2(C)C. The van der Waals surface area contributed by atoms with Crippen LogP contribution in [0.5, 0.6) is 0 Å². The largest absolute Gasteiger partial charge is 0.461 e. The number of hydrogen-bond acceptors (Lipinski definition) is 0. The molecule has 0 bridgehead atoms. The van der Waals surface area contributed by atoms with E-state index in [2.05, 4.69) is 93.1 Å². The van der Waals surface area contributed by atoms with Crippen LogP contribution in [0.15, 0.2) is 42.2 Å². The molecule has 2 aliphatic rings. The number of aromatic nitrogens is 1. The molecule has 1 aromatic carbocycles. The normalized spacial score (nSPS) is 18.9. The summed E-state index contributed by atoms with van der Waals surface area (Å²) in [4.78, 5) is 0. The second-order valence-electron chi connectivity index (χ2n) is 10.5. The smallest absolute Gasteiger partial charge is 0.378 e. The number of rotatable bonds is 7. The topological polar surface area (TPSA) is 7.94 Å². The zero-order valence-corrected chi connectivity index (χ0v) is 20.0. The lowest BCUT2D eigenvalue weighted by molar-refractivity contribution is -0.351. The molecule has 0 spiro atoms. The highest BCUT2D eigenvalue weighted by molar-refractivity contribution is 6.72. The van der Waals surface area contributed by atoms with Gasteiger partial charge in [0.2, 0.25) is 0 Å². The zero-order valence-electron chi connectivity index (χ0n) is 20.0. The maximum Gasteiger partial charge on any atom is 0.378 e. The lowest BCUT2D eigenvalue weighted by atomic mass is 9.38. The zero-order chi connectivity index (χ0) is 21.5. The molecule has 0 saturated carbocycles. The molecule has 160 valence electrons. The average molecular weight is 402 g/mol. The molecule has 0 fully saturated rings. The van der Waals surface area contributed by atoms with Crippen molar-refractivity contribution in [2.45, 2.75) is 86.3 Å². The minimum Gasteiger partial charge on any atom is -0.461 e. The Morgan fingerprint density at radius 3 is 2.20 bits per heavy atom. The summed E-state index contributed by atoms with van der Waals surface area (Å²) < 4.78 is 5.52. The molecule has 3 heteroatoms. The Hall–Kier alpha value is -2.03. The van der Waals surface area contributed by atoms with Gasteiger partial charge in [-0.3, -0.25) is 0 Å². The average Bonchev–Trinajstić information content (AvgIpc) is 3.24. The Bertz CT molecular complexity index is 980. The maximum atomic E-state index is 2.82. The summed E-state index contributed by atoms with van der Waals surface area (Å²) in [6.07, 6.45) is 12.9. The molecule has 2 nitrogen and oxygen atoms in total. The lowest BCUT2D eigenvalue weighted by Crippen LogP contribution is -2.56. The first-order valence-electron chi connectivity index (χ1n) is 12.2. The fourth-order valence-electron chi connectivity index (χ4n) is 6.29. The fourth-order valence-corrected chi connectivity index (χ4v) is 6.29. The molecular formula is C27H39BN2. The van der Waals surface area contributed by atoms with E-state index < -0.39 is 6.42 Å². The van der Waals surface area contributed by atoms with Crippen molar-refractivity contribution in [2.24, 2.45) is 5.41 Å². The van der Waals surface area contributed by atoms with Gasteiger partial charge in [-0.1, -0.05) is 82.0 Å². The third-order valence-corrected chi connectivity index (χ3v) is 7.69. The first kappa shape index (κ1) is 21.2. The van der Waals surface area contributed by atoms with Gasteiger partial charge in [0, 0.05) is 30.7 Å². The minimum atomic E-state index is -0.839. The van der Waals surface area contributed by atoms with E-state index >= 15 is 0 Å². The van der Waals surface area contributed by atoms with Gasteiger partial charge >= 0.3 is 6.42 Å². The Kier molecular flexibility index (Phi) is 5.59. The Morgan fingerprint density at radius 1 is 0.967 bits per heavy atom. The van der Waals surface area contributed by atoms with Crippen LogP contribution in [0, 0.1) is 12.3 Å². The molecule has 1 aromatic heterocycles. The minimum absolute atomic E-state index is 0.204. The van der Waals surface area contributed by atoms with Gasteiger partial charge in [0.1, 0.15) is 11.4 Å². The van der Waals surface area contributed by atoms with Crippen LogP contribution < -0.4 is 0 Å². The predicted octanol–water partition coefficient (Wildman–Crippen LogP) is 7.61. The molecule has 4 rings (SSSR count). The summed E-state index contributed by atoms with van der Waals surface area (Å²) in [5.41, 5.74) is 8.80. The van der Waals surface area contributed by atoms with Gasteiger partial charge in [-0.25, -0.2) is 0 Å². The van der Waals surface area contributed by atoms with Crippen molar-refractivity contribution in [3.8, 4) is 11.1 Å². The van der Waals surface area contributed by atoms with E-state index in [0.29, 0.717) is 0 Å². The highest BCUT2D eigenvalue weighted by atomic mass is 15.2. The van der Waals surface area contributed by atoms with Crippen molar-refractivity contribution in [1.82, 2.24) is 4.48 Å². The van der Waals surface area contributed by atoms with E-state index in [9.17, 15) is 0 Å². The summed E-state index contributed by atoms with van der Waals surface area (Å²) in [7, 11) is 0. The van der Waals surface area contributed by atoms with E-state index in [1.165, 1.54) is 67.1 Å². The molecule has 0 saturated heterocycles. The molecule has 0 aliphatic carbocycles. The maximum absolute atomic E-state index is 2.82. The van der Waals surface area contributed by atoms with Crippen molar-refractivity contribution in [2.75, 3.05) is 0 Å². The van der Waals surface area contributed by atoms with E-state index in [1.807, 2.05) is 0 Å². The monoisotopic (exact) mass is 402 g/mol. The van der Waals surface area contributed by atoms with Crippen LogP contribution in [0.25, 0.3) is 17.2 Å². The predicted molar refractivity (Wildman–Crippen MR) is 133 cm³/mol. The second kappa shape index (κ2) is 7.91. The third-order valence-electron chi connectivity index (χ3n) is 7.69. The van der Waals surface area contributed by atoms with Crippen LogP contribution in [0.4, 0.5) is 0 Å². The molecule has 0 atom stereocenters. The van der Waals surface area contributed by atoms with Crippen LogP contribution >= 0.6 is 0 Å². The molecule has 0 amide bonds. The van der Waals surface area contributed by atoms with E-state index in [1.54, 1.807) is 11.4 Å². The van der Waals surface area contributed by atoms with Crippen LogP contribution in [0.1, 0.15) is 78.0 Å². The lowest BCUT2D eigenvalue weighted by Gasteiger charge is -2.44. The molecule has 0 N–H and O–H groups in total. The van der Waals surface area contributed by atoms with Gasteiger partial charge < -0.3 is 8.96 Å². The summed E-state index contributed by atoms with van der Waals surface area (Å²) in [6.45, 7) is 14.1. The summed E-state index contributed by atoms with van der Waals surface area (Å²) in [6, 6.07) is 11.4. The van der Waals surface area contributed by atoms with E-state index in [-0.39, 0.29) is 5.41 Å². The number of aryl methyl sites for hydroxylation is 1. The summed E-state index contributed by atoms with van der Waals surface area (Å²) in [5, 5.41) is 0. The molecule has 30 heavy (non-hydrogen) atoms. The highest BCUT2D eigenvalue weighted by Gasteiger charge is 2.52. The quantitative estimate of drug-likeness (QED) is 0.421. The van der Waals surface area contributed by atoms with Crippen molar-refractivity contribution in [3.05, 3.63) is 53.5 Å². The number of fused-ring (bicyclic) bond motifs is 2. The summed E-state index contributed by atoms with van der Waals surface area (Å²) in [5.74, 6) is 0. The third kappa shape index (κ3) is 3.31. The molecule has 3 heterocycles. The Labute approximate surface area is 183 Å². The number of nitrogens with zero attached hydrogens (tertiary/aromatic N) is 2. The second-order valence-corrected chi connectivity index (χ2v) is 10.5. The molecule has 2 aromatic rings. The number of benzene rings is 1. The van der Waals surface area contributed by atoms with Gasteiger partial charge in [-0.15, -0.1) is 0 Å². The number of unbranched alkanes of at least 4 members (excludes halogenated alkanes) is 2. The molecular weight excluding hydrogens is 363 g/mol. The van der Waals surface area contributed by atoms with Crippen molar-refractivity contribution >= 4 is 18.2 Å². The van der Waals surface area contributed by atoms with Gasteiger partial charge in [0.25, 0.3) is 0 Å². The standard InChI is InChI=1S/C27H39BN2/c1-7-9-16-28(17-10-8-2)29-18-15-24(23-13-11-21(3)12-14-23)25(29)19-26-27(5,6)20-22(4)30(26)28/h11-15,18-19H,7-10,16-17,20H2,1-6H3. The first-order valence-corrected chi connectivity index (χ1v) is 12.2. The van der Waals surface area contributed by atoms with Crippen LogP contribution in [-0.2, 0) is 0 Å². The van der Waals surface area contributed by atoms with E-state index in [4.69, 9.17) is 0 Å². The van der Waals surface area contributed by atoms with Crippen molar-refractivity contribution < 1.29 is 4.49 Å². The van der Waals surface area contributed by atoms with Gasteiger partial charge in [-0.05, 0) is 38.6 Å². The highest BCUT2D eigenvalue weighted by Crippen LogP contribution is 2.47. The Balaban J connectivity index is 1.96. The van der Waals surface area contributed by atoms with Gasteiger partial charge in [-0.2, -0.15) is 0 Å². The van der Waals surface area contributed by atoms with Gasteiger partial charge in [0.05, 0.1) is 5.41 Å². The van der Waals surface area contributed by atoms with Crippen LogP contribution in [-0.4, -0.2) is 21.1 Å². The first-order chi connectivity index (χ1) is 14.3. The van der Waals surface area contributed by atoms with Crippen molar-refractivity contribution in [3.63, 3.8) is 0 Å². The number of allylic oxidation sites excluding steroid dienone is 1. The fraction of sp³-hybridized carbons (Fsp3) is 0.519. The Morgan fingerprint density at radius 2 is 1.60 bits per heavy atom.